The standard InChI is InChI=1S/C15H22N2O/c1-11-10-12(16)6-8-17(11)14-7-9-18-15-5-3-2-4-13(14)15/h2-5,11-12,14H,6-10,16H2,1H3. The van der Waals surface area contributed by atoms with Crippen LogP contribution in [0.25, 0.3) is 0 Å². The van der Waals surface area contributed by atoms with E-state index in [0.29, 0.717) is 18.1 Å². The molecular formula is C15H22N2O. The van der Waals surface area contributed by atoms with Gasteiger partial charge in [-0.3, -0.25) is 4.90 Å². The molecule has 18 heavy (non-hydrogen) atoms. The van der Waals surface area contributed by atoms with Crippen LogP contribution >= 0.6 is 0 Å². The van der Waals surface area contributed by atoms with Crippen LogP contribution in [0, 0.1) is 0 Å². The zero-order chi connectivity index (χ0) is 12.5. The zero-order valence-corrected chi connectivity index (χ0v) is 11.0. The third-order valence-corrected chi connectivity index (χ3v) is 4.30. The van der Waals surface area contributed by atoms with Gasteiger partial charge in [0.25, 0.3) is 0 Å². The predicted octanol–water partition coefficient (Wildman–Crippen LogP) is 2.32. The highest BCUT2D eigenvalue weighted by Crippen LogP contribution is 2.38. The molecule has 98 valence electrons. The summed E-state index contributed by atoms with van der Waals surface area (Å²) in [4.78, 5) is 2.62. The second-order valence-corrected chi connectivity index (χ2v) is 5.56. The number of hydrogen-bond donors (Lipinski definition) is 1. The van der Waals surface area contributed by atoms with Gasteiger partial charge in [0.15, 0.2) is 0 Å². The van der Waals surface area contributed by atoms with Crippen molar-refractivity contribution in [2.24, 2.45) is 5.73 Å². The van der Waals surface area contributed by atoms with Crippen molar-refractivity contribution in [3.63, 3.8) is 0 Å². The van der Waals surface area contributed by atoms with Crippen LogP contribution in [0.5, 0.6) is 5.75 Å². The number of fused-ring (bicyclic) bond motifs is 1. The summed E-state index contributed by atoms with van der Waals surface area (Å²) in [6.45, 7) is 4.25. The minimum absolute atomic E-state index is 0.381. The highest BCUT2D eigenvalue weighted by Gasteiger charge is 2.32. The summed E-state index contributed by atoms with van der Waals surface area (Å²) >= 11 is 0. The minimum Gasteiger partial charge on any atom is -0.493 e. The first-order valence-electron chi connectivity index (χ1n) is 6.99. The van der Waals surface area contributed by atoms with Gasteiger partial charge in [-0.2, -0.15) is 0 Å². The van der Waals surface area contributed by atoms with E-state index in [1.165, 1.54) is 5.56 Å². The first-order valence-corrected chi connectivity index (χ1v) is 6.99. The van der Waals surface area contributed by atoms with Crippen LogP contribution in [0.2, 0.25) is 0 Å². The number of para-hydroxylation sites is 1. The largest absolute Gasteiger partial charge is 0.493 e. The van der Waals surface area contributed by atoms with Crippen molar-refractivity contribution in [3.05, 3.63) is 29.8 Å². The fraction of sp³-hybridized carbons (Fsp3) is 0.600. The lowest BCUT2D eigenvalue weighted by Crippen LogP contribution is -2.47. The van der Waals surface area contributed by atoms with E-state index in [2.05, 4.69) is 36.1 Å². The molecule has 0 bridgehead atoms. The Hall–Kier alpha value is -1.06. The van der Waals surface area contributed by atoms with E-state index in [1.807, 2.05) is 0 Å². The summed E-state index contributed by atoms with van der Waals surface area (Å²) in [6, 6.07) is 9.92. The molecule has 0 radical (unpaired) electrons. The number of nitrogens with zero attached hydrogens (tertiary/aromatic N) is 1. The monoisotopic (exact) mass is 246 g/mol. The van der Waals surface area contributed by atoms with E-state index in [-0.39, 0.29) is 0 Å². The van der Waals surface area contributed by atoms with Crippen molar-refractivity contribution in [1.29, 1.82) is 0 Å². The predicted molar refractivity (Wildman–Crippen MR) is 72.7 cm³/mol. The smallest absolute Gasteiger partial charge is 0.124 e. The number of ether oxygens (including phenoxy) is 1. The van der Waals surface area contributed by atoms with Crippen LogP contribution in [-0.4, -0.2) is 30.1 Å². The van der Waals surface area contributed by atoms with Gasteiger partial charge in [0.05, 0.1) is 6.61 Å². The summed E-state index contributed by atoms with van der Waals surface area (Å²) in [5, 5.41) is 0. The van der Waals surface area contributed by atoms with E-state index >= 15 is 0 Å². The maximum Gasteiger partial charge on any atom is 0.124 e. The average Bonchev–Trinajstić information content (AvgIpc) is 2.38. The molecule has 0 saturated carbocycles. The summed E-state index contributed by atoms with van der Waals surface area (Å²) in [6.07, 6.45) is 3.32. The maximum absolute atomic E-state index is 6.06. The van der Waals surface area contributed by atoms with Crippen LogP contribution in [-0.2, 0) is 0 Å². The molecule has 2 heterocycles. The van der Waals surface area contributed by atoms with Gasteiger partial charge < -0.3 is 10.5 Å². The van der Waals surface area contributed by atoms with Crippen LogP contribution in [0.15, 0.2) is 24.3 Å². The van der Waals surface area contributed by atoms with Crippen molar-refractivity contribution in [3.8, 4) is 5.75 Å². The SMILES string of the molecule is CC1CC(N)CCN1C1CCOc2ccccc21. The number of likely N-dealkylation sites (tertiary alicyclic amines) is 1. The van der Waals surface area contributed by atoms with Crippen molar-refractivity contribution >= 4 is 0 Å². The van der Waals surface area contributed by atoms with Gasteiger partial charge in [0.2, 0.25) is 0 Å². The fourth-order valence-corrected chi connectivity index (χ4v) is 3.36. The van der Waals surface area contributed by atoms with Gasteiger partial charge in [-0.05, 0) is 25.8 Å². The van der Waals surface area contributed by atoms with E-state index in [0.717, 1.165) is 38.2 Å². The van der Waals surface area contributed by atoms with Gasteiger partial charge in [0.1, 0.15) is 5.75 Å². The lowest BCUT2D eigenvalue weighted by atomic mass is 9.92. The van der Waals surface area contributed by atoms with Crippen molar-refractivity contribution in [2.75, 3.05) is 13.2 Å². The number of piperidine rings is 1. The molecule has 0 aromatic heterocycles. The van der Waals surface area contributed by atoms with Crippen LogP contribution < -0.4 is 10.5 Å². The Balaban J connectivity index is 1.85. The number of benzene rings is 1. The average molecular weight is 246 g/mol. The molecule has 2 N–H and O–H groups in total. The van der Waals surface area contributed by atoms with E-state index < -0.39 is 0 Å². The molecule has 0 spiro atoms. The van der Waals surface area contributed by atoms with Crippen LogP contribution in [0.1, 0.15) is 37.8 Å². The molecule has 0 aliphatic carbocycles. The number of nitrogens with two attached hydrogens (primary N) is 1. The molecule has 3 heteroatoms. The topological polar surface area (TPSA) is 38.5 Å². The Labute approximate surface area is 109 Å². The summed E-state index contributed by atoms with van der Waals surface area (Å²) in [7, 11) is 0. The fourth-order valence-electron chi connectivity index (χ4n) is 3.36. The number of hydrogen-bond acceptors (Lipinski definition) is 3. The first kappa shape index (κ1) is 12.0. The third kappa shape index (κ3) is 2.13. The van der Waals surface area contributed by atoms with E-state index in [1.54, 1.807) is 0 Å². The molecule has 1 aromatic carbocycles. The molecule has 1 fully saturated rings. The Kier molecular flexibility index (Phi) is 3.27. The molecule has 3 unspecified atom stereocenters. The lowest BCUT2D eigenvalue weighted by Gasteiger charge is -2.43. The maximum atomic E-state index is 6.06. The van der Waals surface area contributed by atoms with Crippen LogP contribution in [0.3, 0.4) is 0 Å². The van der Waals surface area contributed by atoms with Crippen LogP contribution in [0.4, 0.5) is 0 Å². The van der Waals surface area contributed by atoms with Crippen molar-refractivity contribution in [1.82, 2.24) is 4.90 Å². The van der Waals surface area contributed by atoms with Crippen molar-refractivity contribution < 1.29 is 4.74 Å². The first-order chi connectivity index (χ1) is 8.75. The third-order valence-electron chi connectivity index (χ3n) is 4.30. The van der Waals surface area contributed by atoms with E-state index in [9.17, 15) is 0 Å². The lowest BCUT2D eigenvalue weighted by molar-refractivity contribution is 0.0691. The van der Waals surface area contributed by atoms with Gasteiger partial charge in [-0.25, -0.2) is 0 Å². The summed E-state index contributed by atoms with van der Waals surface area (Å²) < 4.78 is 5.75. The normalized spacial score (nSPS) is 32.7. The molecule has 0 amide bonds. The molecule has 3 nitrogen and oxygen atoms in total. The number of rotatable bonds is 1. The second kappa shape index (κ2) is 4.90. The molecular weight excluding hydrogens is 224 g/mol. The summed E-state index contributed by atoms with van der Waals surface area (Å²) in [5.74, 6) is 1.07. The quantitative estimate of drug-likeness (QED) is 0.826. The Morgan fingerprint density at radius 1 is 1.28 bits per heavy atom. The molecule has 3 atom stereocenters. The van der Waals surface area contributed by atoms with Gasteiger partial charge in [-0.1, -0.05) is 18.2 Å². The molecule has 3 rings (SSSR count). The Morgan fingerprint density at radius 2 is 2.11 bits per heavy atom. The molecule has 1 saturated heterocycles. The summed E-state index contributed by atoms with van der Waals surface area (Å²) in [5.41, 5.74) is 7.41. The molecule has 2 aliphatic rings. The van der Waals surface area contributed by atoms with Crippen molar-refractivity contribution in [2.45, 2.75) is 44.3 Å². The molecule has 2 aliphatic heterocycles. The highest BCUT2D eigenvalue weighted by molar-refractivity contribution is 5.37. The minimum atomic E-state index is 0.381. The van der Waals surface area contributed by atoms with Gasteiger partial charge in [-0.15, -0.1) is 0 Å². The Bertz CT molecular complexity index is 421. The van der Waals surface area contributed by atoms with Gasteiger partial charge >= 0.3 is 0 Å². The highest BCUT2D eigenvalue weighted by atomic mass is 16.5. The second-order valence-electron chi connectivity index (χ2n) is 5.56. The zero-order valence-electron chi connectivity index (χ0n) is 11.0. The molecule has 1 aromatic rings. The Morgan fingerprint density at radius 3 is 2.94 bits per heavy atom. The van der Waals surface area contributed by atoms with E-state index in [4.69, 9.17) is 10.5 Å². The van der Waals surface area contributed by atoms with Gasteiger partial charge in [0, 0.05) is 36.7 Å².